The van der Waals surface area contributed by atoms with Crippen molar-refractivity contribution < 1.29 is 4.79 Å². The lowest BCUT2D eigenvalue weighted by atomic mass is 9.91. The Bertz CT molecular complexity index is 777. The first-order chi connectivity index (χ1) is 13.2. The SMILES string of the molecule is Cn1nc(C(=O)N2CCCCC2)c2c1CCC(NCCc1ccccc1)C2. The molecule has 27 heavy (non-hydrogen) atoms. The summed E-state index contributed by atoms with van der Waals surface area (Å²) in [5, 5.41) is 8.33. The first-order valence-electron chi connectivity index (χ1n) is 10.3. The van der Waals surface area contributed by atoms with Gasteiger partial charge in [0, 0.05) is 37.4 Å². The number of piperidine rings is 1. The molecule has 0 bridgehead atoms. The molecule has 1 aliphatic heterocycles. The van der Waals surface area contributed by atoms with Crippen molar-refractivity contribution in [2.24, 2.45) is 7.05 Å². The molecule has 2 aromatic rings. The molecule has 1 amide bonds. The van der Waals surface area contributed by atoms with E-state index in [4.69, 9.17) is 0 Å². The highest BCUT2D eigenvalue weighted by molar-refractivity contribution is 5.94. The smallest absolute Gasteiger partial charge is 0.274 e. The fourth-order valence-electron chi connectivity index (χ4n) is 4.45. The van der Waals surface area contributed by atoms with Crippen LogP contribution >= 0.6 is 0 Å². The Labute approximate surface area is 161 Å². The van der Waals surface area contributed by atoms with Crippen molar-refractivity contribution >= 4 is 5.91 Å². The van der Waals surface area contributed by atoms with Gasteiger partial charge < -0.3 is 10.2 Å². The van der Waals surface area contributed by atoms with E-state index in [9.17, 15) is 4.79 Å². The Morgan fingerprint density at radius 3 is 2.74 bits per heavy atom. The summed E-state index contributed by atoms with van der Waals surface area (Å²) in [6.45, 7) is 2.73. The summed E-state index contributed by atoms with van der Waals surface area (Å²) < 4.78 is 1.94. The minimum Gasteiger partial charge on any atom is -0.337 e. The Balaban J connectivity index is 1.41. The van der Waals surface area contributed by atoms with Crippen molar-refractivity contribution in [2.75, 3.05) is 19.6 Å². The molecule has 1 aliphatic carbocycles. The van der Waals surface area contributed by atoms with Gasteiger partial charge in [0.1, 0.15) is 0 Å². The molecule has 1 N–H and O–H groups in total. The lowest BCUT2D eigenvalue weighted by Gasteiger charge is -2.27. The minimum absolute atomic E-state index is 0.136. The van der Waals surface area contributed by atoms with E-state index in [-0.39, 0.29) is 5.91 Å². The number of carbonyl (C=O) groups excluding carboxylic acids is 1. The highest BCUT2D eigenvalue weighted by Crippen LogP contribution is 2.26. The van der Waals surface area contributed by atoms with Crippen LogP contribution in [0.15, 0.2) is 30.3 Å². The number of nitrogens with one attached hydrogen (secondary N) is 1. The zero-order chi connectivity index (χ0) is 18.6. The van der Waals surface area contributed by atoms with Crippen LogP contribution < -0.4 is 5.32 Å². The molecule has 5 heteroatoms. The van der Waals surface area contributed by atoms with E-state index in [0.717, 1.165) is 58.2 Å². The molecule has 0 spiro atoms. The molecule has 1 atom stereocenters. The number of amides is 1. The third-order valence-corrected chi connectivity index (χ3v) is 5.99. The van der Waals surface area contributed by atoms with Crippen molar-refractivity contribution in [2.45, 2.75) is 51.0 Å². The molecule has 1 aromatic heterocycles. The fourth-order valence-corrected chi connectivity index (χ4v) is 4.45. The van der Waals surface area contributed by atoms with E-state index in [1.54, 1.807) is 0 Å². The summed E-state index contributed by atoms with van der Waals surface area (Å²) >= 11 is 0. The van der Waals surface area contributed by atoms with Crippen LogP contribution in [0.1, 0.15) is 53.0 Å². The molecule has 1 saturated heterocycles. The maximum absolute atomic E-state index is 13.0. The number of likely N-dealkylation sites (tertiary alicyclic amines) is 1. The summed E-state index contributed by atoms with van der Waals surface area (Å²) in [5.41, 5.74) is 4.49. The second-order valence-electron chi connectivity index (χ2n) is 7.88. The molecule has 144 valence electrons. The molecule has 1 aromatic carbocycles. The van der Waals surface area contributed by atoms with Crippen LogP contribution in [0.2, 0.25) is 0 Å². The highest BCUT2D eigenvalue weighted by Gasteiger charge is 2.30. The van der Waals surface area contributed by atoms with Gasteiger partial charge in [-0.2, -0.15) is 5.10 Å². The molecular weight excluding hydrogens is 336 g/mol. The Morgan fingerprint density at radius 2 is 1.96 bits per heavy atom. The molecule has 5 nitrogen and oxygen atoms in total. The molecule has 1 unspecified atom stereocenters. The van der Waals surface area contributed by atoms with E-state index in [1.165, 1.54) is 23.2 Å². The molecule has 2 aliphatic rings. The molecular formula is C22H30N4O. The number of benzene rings is 1. The largest absolute Gasteiger partial charge is 0.337 e. The van der Waals surface area contributed by atoms with Crippen LogP contribution in [0.3, 0.4) is 0 Å². The summed E-state index contributed by atoms with van der Waals surface area (Å²) in [7, 11) is 1.98. The standard InChI is InChI=1S/C22H30N4O/c1-25-20-11-10-18(23-13-12-17-8-4-2-5-9-17)16-19(20)21(24-25)22(27)26-14-6-3-7-15-26/h2,4-5,8-9,18,23H,3,6-7,10-16H2,1H3. The van der Waals surface area contributed by atoms with Crippen molar-refractivity contribution in [1.29, 1.82) is 0 Å². The van der Waals surface area contributed by atoms with Crippen LogP contribution in [0.25, 0.3) is 0 Å². The average Bonchev–Trinajstić information content (AvgIpc) is 3.05. The van der Waals surface area contributed by atoms with Crippen LogP contribution in [-0.4, -0.2) is 46.3 Å². The minimum atomic E-state index is 0.136. The molecule has 0 saturated carbocycles. The third-order valence-electron chi connectivity index (χ3n) is 5.99. The molecule has 1 fully saturated rings. The quantitative estimate of drug-likeness (QED) is 0.885. The maximum Gasteiger partial charge on any atom is 0.274 e. The normalized spacial score (nSPS) is 19.7. The Hall–Kier alpha value is -2.14. The topological polar surface area (TPSA) is 50.2 Å². The van der Waals surface area contributed by atoms with Gasteiger partial charge in [0.25, 0.3) is 5.91 Å². The van der Waals surface area contributed by atoms with Crippen LogP contribution in [0.5, 0.6) is 0 Å². The lowest BCUT2D eigenvalue weighted by Crippen LogP contribution is -2.38. The average molecular weight is 367 g/mol. The maximum atomic E-state index is 13.0. The monoisotopic (exact) mass is 366 g/mol. The number of hydrogen-bond acceptors (Lipinski definition) is 3. The van der Waals surface area contributed by atoms with Crippen LogP contribution in [0.4, 0.5) is 0 Å². The third kappa shape index (κ3) is 4.08. The predicted octanol–water partition coefficient (Wildman–Crippen LogP) is 2.74. The number of aromatic nitrogens is 2. The number of hydrogen-bond donors (Lipinski definition) is 1. The second kappa shape index (κ2) is 8.26. The number of nitrogens with zero attached hydrogens (tertiary/aromatic N) is 3. The first kappa shape index (κ1) is 18.2. The van der Waals surface area contributed by atoms with Gasteiger partial charge >= 0.3 is 0 Å². The summed E-state index contributed by atoms with van der Waals surface area (Å²) in [6, 6.07) is 11.0. The van der Waals surface area contributed by atoms with Gasteiger partial charge in [-0.1, -0.05) is 30.3 Å². The van der Waals surface area contributed by atoms with Gasteiger partial charge in [0.15, 0.2) is 5.69 Å². The van der Waals surface area contributed by atoms with Gasteiger partial charge in [-0.05, 0) is 57.1 Å². The lowest BCUT2D eigenvalue weighted by molar-refractivity contribution is 0.0716. The van der Waals surface area contributed by atoms with Crippen molar-refractivity contribution in [3.8, 4) is 0 Å². The van der Waals surface area contributed by atoms with Crippen LogP contribution in [-0.2, 0) is 26.3 Å². The Morgan fingerprint density at radius 1 is 1.19 bits per heavy atom. The van der Waals surface area contributed by atoms with E-state index >= 15 is 0 Å². The predicted molar refractivity (Wildman–Crippen MR) is 107 cm³/mol. The second-order valence-corrected chi connectivity index (χ2v) is 7.88. The first-order valence-corrected chi connectivity index (χ1v) is 10.3. The number of aryl methyl sites for hydroxylation is 1. The summed E-state index contributed by atoms with van der Waals surface area (Å²) in [5.74, 6) is 0.136. The molecule has 0 radical (unpaired) electrons. The van der Waals surface area contributed by atoms with Gasteiger partial charge in [0.05, 0.1) is 0 Å². The summed E-state index contributed by atoms with van der Waals surface area (Å²) in [4.78, 5) is 15.0. The van der Waals surface area contributed by atoms with Gasteiger partial charge in [-0.25, -0.2) is 0 Å². The summed E-state index contributed by atoms with van der Waals surface area (Å²) in [6.07, 6.45) is 7.52. The van der Waals surface area contributed by atoms with E-state index in [0.29, 0.717) is 11.7 Å². The number of fused-ring (bicyclic) bond motifs is 1. The number of carbonyl (C=O) groups is 1. The number of rotatable bonds is 5. The fraction of sp³-hybridized carbons (Fsp3) is 0.545. The Kier molecular flexibility index (Phi) is 5.58. The molecule has 2 heterocycles. The van der Waals surface area contributed by atoms with Crippen molar-refractivity contribution in [1.82, 2.24) is 20.0 Å². The van der Waals surface area contributed by atoms with E-state index in [2.05, 4.69) is 40.7 Å². The zero-order valence-electron chi connectivity index (χ0n) is 16.3. The van der Waals surface area contributed by atoms with Gasteiger partial charge in [-0.3, -0.25) is 9.48 Å². The van der Waals surface area contributed by atoms with Crippen molar-refractivity contribution in [3.63, 3.8) is 0 Å². The van der Waals surface area contributed by atoms with E-state index < -0.39 is 0 Å². The van der Waals surface area contributed by atoms with Gasteiger partial charge in [0.2, 0.25) is 0 Å². The highest BCUT2D eigenvalue weighted by atomic mass is 16.2. The van der Waals surface area contributed by atoms with Crippen molar-refractivity contribution in [3.05, 3.63) is 52.8 Å². The van der Waals surface area contributed by atoms with Gasteiger partial charge in [-0.15, -0.1) is 0 Å². The van der Waals surface area contributed by atoms with Crippen LogP contribution in [0, 0.1) is 0 Å². The molecule has 4 rings (SSSR count). The van der Waals surface area contributed by atoms with E-state index in [1.807, 2.05) is 16.6 Å². The zero-order valence-corrected chi connectivity index (χ0v) is 16.3.